The number of anilines is 3. The number of hydrogen-bond donors (Lipinski definition) is 0. The van der Waals surface area contributed by atoms with Crippen molar-refractivity contribution in [2.75, 3.05) is 4.90 Å². The molecule has 0 fully saturated rings. The Hall–Kier alpha value is -6.84. The van der Waals surface area contributed by atoms with Crippen molar-refractivity contribution < 1.29 is 4.42 Å². The molecule has 0 amide bonds. The van der Waals surface area contributed by atoms with Gasteiger partial charge in [-0.05, 0) is 94.4 Å². The molecule has 1 aliphatic rings. The first-order valence-electron chi connectivity index (χ1n) is 18.4. The number of nitrogens with zero attached hydrogens (tertiary/aromatic N) is 2. The van der Waals surface area contributed by atoms with Crippen LogP contribution in [0.5, 0.6) is 0 Å². The Morgan fingerprint density at radius 2 is 1.17 bits per heavy atom. The Bertz CT molecular complexity index is 3040. The van der Waals surface area contributed by atoms with Gasteiger partial charge >= 0.3 is 0 Å². The van der Waals surface area contributed by atoms with E-state index in [2.05, 4.69) is 191 Å². The van der Waals surface area contributed by atoms with Gasteiger partial charge in [-0.25, -0.2) is 0 Å². The molecule has 10 aromatic rings. The fraction of sp³-hybridized carbons (Fsp3) is 0.0400. The number of benzene rings is 8. The minimum atomic E-state index is 0.933. The third-order valence-electron chi connectivity index (χ3n) is 11.0. The molecular weight excluding hydrogens is 645 g/mol. The first-order valence-corrected chi connectivity index (χ1v) is 18.4. The Labute approximate surface area is 307 Å². The first kappa shape index (κ1) is 29.8. The van der Waals surface area contributed by atoms with Gasteiger partial charge in [0.1, 0.15) is 11.3 Å². The molecule has 0 aliphatic heterocycles. The van der Waals surface area contributed by atoms with Gasteiger partial charge in [0.05, 0.1) is 11.0 Å². The van der Waals surface area contributed by atoms with Crippen molar-refractivity contribution in [2.24, 2.45) is 0 Å². The number of fused-ring (bicyclic) bond motifs is 11. The van der Waals surface area contributed by atoms with Crippen LogP contribution in [0.4, 0.5) is 17.1 Å². The van der Waals surface area contributed by atoms with Gasteiger partial charge in [0.15, 0.2) is 0 Å². The highest BCUT2D eigenvalue weighted by Crippen LogP contribution is 2.45. The van der Waals surface area contributed by atoms with Crippen molar-refractivity contribution in [3.63, 3.8) is 0 Å². The first-order chi connectivity index (χ1) is 26.3. The van der Waals surface area contributed by atoms with E-state index in [4.69, 9.17) is 4.42 Å². The van der Waals surface area contributed by atoms with E-state index in [1.54, 1.807) is 0 Å². The second kappa shape index (κ2) is 11.9. The molecule has 11 rings (SSSR count). The molecule has 0 bridgehead atoms. The summed E-state index contributed by atoms with van der Waals surface area (Å²) in [4.78, 5) is 2.35. The van der Waals surface area contributed by atoms with Gasteiger partial charge in [-0.2, -0.15) is 0 Å². The topological polar surface area (TPSA) is 21.3 Å². The second-order valence-corrected chi connectivity index (χ2v) is 14.0. The van der Waals surface area contributed by atoms with Gasteiger partial charge in [0.2, 0.25) is 0 Å². The summed E-state index contributed by atoms with van der Waals surface area (Å²) in [5.41, 5.74) is 11.4. The molecule has 0 saturated carbocycles. The molecule has 1 aliphatic carbocycles. The number of para-hydroxylation sites is 1. The predicted molar refractivity (Wildman–Crippen MR) is 223 cm³/mol. The summed E-state index contributed by atoms with van der Waals surface area (Å²) in [6.07, 6.45) is 6.46. The van der Waals surface area contributed by atoms with Gasteiger partial charge in [0, 0.05) is 56.3 Å². The third-order valence-corrected chi connectivity index (χ3v) is 11.0. The number of aromatic nitrogens is 1. The zero-order valence-electron chi connectivity index (χ0n) is 29.0. The largest absolute Gasteiger partial charge is 0.460 e. The summed E-state index contributed by atoms with van der Waals surface area (Å²) in [6, 6.07) is 61.5. The quantitative estimate of drug-likeness (QED) is 0.181. The molecule has 0 saturated heterocycles. The Morgan fingerprint density at radius 1 is 0.491 bits per heavy atom. The van der Waals surface area contributed by atoms with Crippen molar-refractivity contribution in [3.8, 4) is 16.8 Å². The third kappa shape index (κ3) is 4.67. The van der Waals surface area contributed by atoms with Crippen LogP contribution < -0.4 is 4.90 Å². The minimum absolute atomic E-state index is 0.933. The maximum Gasteiger partial charge on any atom is 0.143 e. The lowest BCUT2D eigenvalue weighted by Crippen LogP contribution is -2.10. The lowest BCUT2D eigenvalue weighted by molar-refractivity contribution is 0.549. The molecule has 3 nitrogen and oxygen atoms in total. The molecule has 2 heterocycles. The standard InChI is InChI=1S/C50H34N2O/c1-3-12-33(13-4-1)34-22-27-38(28-23-34)51(37-15-5-2-6-16-37)39-17-11-18-40(32-39)52-44-30-25-35-14-7-8-19-41(35)48(44)49-45(52)31-26-36-24-29-43-42-20-9-10-21-46(42)53-50(43)47(36)49/h1-9,11-20,22-32H,10,21H2. The summed E-state index contributed by atoms with van der Waals surface area (Å²) in [7, 11) is 0. The molecule has 53 heavy (non-hydrogen) atoms. The molecule has 0 atom stereocenters. The van der Waals surface area contributed by atoms with Crippen molar-refractivity contribution in [3.05, 3.63) is 187 Å². The van der Waals surface area contributed by atoms with Crippen LogP contribution >= 0.6 is 0 Å². The van der Waals surface area contributed by atoms with Gasteiger partial charge in [0.25, 0.3) is 0 Å². The maximum absolute atomic E-state index is 6.81. The summed E-state index contributed by atoms with van der Waals surface area (Å²) in [5, 5.41) is 8.52. The van der Waals surface area contributed by atoms with E-state index in [1.807, 2.05) is 0 Å². The van der Waals surface area contributed by atoms with Crippen molar-refractivity contribution in [2.45, 2.75) is 12.8 Å². The highest BCUT2D eigenvalue weighted by molar-refractivity contribution is 6.32. The van der Waals surface area contributed by atoms with Crippen LogP contribution in [-0.2, 0) is 6.42 Å². The zero-order valence-corrected chi connectivity index (χ0v) is 29.0. The van der Waals surface area contributed by atoms with Crippen LogP contribution in [0.15, 0.2) is 180 Å². The van der Waals surface area contributed by atoms with Crippen LogP contribution in [0.25, 0.3) is 77.2 Å². The molecule has 250 valence electrons. The van der Waals surface area contributed by atoms with E-state index in [9.17, 15) is 0 Å². The molecular formula is C50H34N2O. The SMILES string of the molecule is C1=Cc2c(oc3c2ccc2ccc4c(c23)c2c3ccccc3ccc2n4-c2cccc(N(c3ccccc3)c3ccc(-c4ccccc4)cc3)c2)CC1. The van der Waals surface area contributed by atoms with Gasteiger partial charge in [-0.3, -0.25) is 0 Å². The van der Waals surface area contributed by atoms with Crippen LogP contribution in [-0.4, -0.2) is 4.57 Å². The summed E-state index contributed by atoms with van der Waals surface area (Å²) in [6.45, 7) is 0. The molecule has 0 unspecified atom stereocenters. The number of furan rings is 1. The van der Waals surface area contributed by atoms with Crippen molar-refractivity contribution in [1.29, 1.82) is 0 Å². The van der Waals surface area contributed by atoms with Gasteiger partial charge in [-0.1, -0.05) is 121 Å². The molecule has 0 N–H and O–H groups in total. The number of rotatable bonds is 5. The van der Waals surface area contributed by atoms with Crippen LogP contribution in [0.1, 0.15) is 17.7 Å². The van der Waals surface area contributed by atoms with Crippen LogP contribution in [0, 0.1) is 0 Å². The van der Waals surface area contributed by atoms with Crippen LogP contribution in [0.3, 0.4) is 0 Å². The summed E-state index contributed by atoms with van der Waals surface area (Å²) < 4.78 is 9.25. The number of aryl methyl sites for hydroxylation is 1. The zero-order chi connectivity index (χ0) is 34.9. The average Bonchev–Trinajstić information content (AvgIpc) is 3.78. The molecule has 2 aromatic heterocycles. The smallest absolute Gasteiger partial charge is 0.143 e. The minimum Gasteiger partial charge on any atom is -0.460 e. The predicted octanol–water partition coefficient (Wildman–Crippen LogP) is 13.9. The highest BCUT2D eigenvalue weighted by atomic mass is 16.3. The van der Waals surface area contributed by atoms with Gasteiger partial charge < -0.3 is 13.9 Å². The summed E-state index contributed by atoms with van der Waals surface area (Å²) in [5.74, 6) is 1.09. The lowest BCUT2D eigenvalue weighted by atomic mass is 9.97. The molecule has 0 radical (unpaired) electrons. The fourth-order valence-electron chi connectivity index (χ4n) is 8.59. The Morgan fingerprint density at radius 3 is 2.02 bits per heavy atom. The van der Waals surface area contributed by atoms with E-state index in [1.165, 1.54) is 59.9 Å². The van der Waals surface area contributed by atoms with E-state index in [0.29, 0.717) is 0 Å². The molecule has 0 spiro atoms. The average molecular weight is 679 g/mol. The summed E-state index contributed by atoms with van der Waals surface area (Å²) >= 11 is 0. The highest BCUT2D eigenvalue weighted by Gasteiger charge is 2.23. The second-order valence-electron chi connectivity index (χ2n) is 14.0. The number of allylic oxidation sites excluding steroid dienone is 1. The Balaban J connectivity index is 1.17. The van der Waals surface area contributed by atoms with E-state index < -0.39 is 0 Å². The van der Waals surface area contributed by atoms with Crippen molar-refractivity contribution in [1.82, 2.24) is 4.57 Å². The lowest BCUT2D eigenvalue weighted by Gasteiger charge is -2.26. The van der Waals surface area contributed by atoms with Gasteiger partial charge in [-0.15, -0.1) is 0 Å². The van der Waals surface area contributed by atoms with E-state index >= 15 is 0 Å². The Kier molecular flexibility index (Phi) is 6.68. The maximum atomic E-state index is 6.81. The monoisotopic (exact) mass is 678 g/mol. The molecule has 8 aromatic carbocycles. The fourth-order valence-corrected chi connectivity index (χ4v) is 8.59. The molecule has 3 heteroatoms. The van der Waals surface area contributed by atoms with E-state index in [0.717, 1.165) is 52.5 Å². The van der Waals surface area contributed by atoms with Crippen molar-refractivity contribution >= 4 is 77.5 Å². The normalized spacial score (nSPS) is 12.7. The van der Waals surface area contributed by atoms with Crippen LogP contribution in [0.2, 0.25) is 0 Å². The van der Waals surface area contributed by atoms with E-state index in [-0.39, 0.29) is 0 Å². The number of hydrogen-bond acceptors (Lipinski definition) is 2.